The lowest BCUT2D eigenvalue weighted by Crippen LogP contribution is -2.17. The van der Waals surface area contributed by atoms with Gasteiger partial charge in [0.05, 0.1) is 5.02 Å². The zero-order valence-corrected chi connectivity index (χ0v) is 11.1. The minimum absolute atomic E-state index is 0.00558. The van der Waals surface area contributed by atoms with Crippen molar-refractivity contribution in [2.24, 2.45) is 5.92 Å². The van der Waals surface area contributed by atoms with Crippen LogP contribution >= 0.6 is 11.6 Å². The second-order valence-corrected chi connectivity index (χ2v) is 4.77. The lowest BCUT2D eigenvalue weighted by Gasteiger charge is -2.12. The predicted octanol–water partition coefficient (Wildman–Crippen LogP) is 5.22. The molecule has 102 valence electrons. The molecule has 0 aliphatic heterocycles. The van der Waals surface area contributed by atoms with Crippen molar-refractivity contribution in [3.05, 3.63) is 28.8 Å². The first-order valence-electron chi connectivity index (χ1n) is 5.86. The fraction of sp³-hybridized carbons (Fsp3) is 0.538. The van der Waals surface area contributed by atoms with E-state index < -0.39 is 6.36 Å². The van der Waals surface area contributed by atoms with Crippen LogP contribution < -0.4 is 4.74 Å². The zero-order valence-electron chi connectivity index (χ0n) is 10.4. The summed E-state index contributed by atoms with van der Waals surface area (Å²) in [5.74, 6) is 0.242. The third kappa shape index (κ3) is 5.17. The summed E-state index contributed by atoms with van der Waals surface area (Å²) in [4.78, 5) is 0. The van der Waals surface area contributed by atoms with Crippen LogP contribution in [0.4, 0.5) is 13.2 Å². The maximum Gasteiger partial charge on any atom is 0.573 e. The van der Waals surface area contributed by atoms with Gasteiger partial charge >= 0.3 is 6.36 Å². The van der Waals surface area contributed by atoms with Gasteiger partial charge in [-0.25, -0.2) is 0 Å². The largest absolute Gasteiger partial charge is 0.573 e. The molecule has 0 bridgehead atoms. The average molecular weight is 281 g/mol. The Hall–Kier alpha value is -0.900. The Morgan fingerprint density at radius 3 is 2.50 bits per heavy atom. The summed E-state index contributed by atoms with van der Waals surface area (Å²) < 4.78 is 39.9. The van der Waals surface area contributed by atoms with Crippen molar-refractivity contribution in [2.45, 2.75) is 39.5 Å². The molecule has 0 saturated heterocycles. The van der Waals surface area contributed by atoms with Gasteiger partial charge in [0.25, 0.3) is 0 Å². The summed E-state index contributed by atoms with van der Waals surface area (Å²) in [7, 11) is 0. The van der Waals surface area contributed by atoms with Crippen LogP contribution in [0, 0.1) is 5.92 Å². The Labute approximate surface area is 110 Å². The molecule has 0 saturated carbocycles. The number of benzene rings is 1. The highest BCUT2D eigenvalue weighted by Crippen LogP contribution is 2.31. The second-order valence-electron chi connectivity index (χ2n) is 4.36. The maximum atomic E-state index is 12.0. The number of hydrogen-bond acceptors (Lipinski definition) is 1. The van der Waals surface area contributed by atoms with Crippen LogP contribution in [0.5, 0.6) is 5.75 Å². The Morgan fingerprint density at radius 1 is 1.33 bits per heavy atom. The molecule has 5 heteroatoms. The van der Waals surface area contributed by atoms with E-state index in [4.69, 9.17) is 11.6 Å². The highest BCUT2D eigenvalue weighted by atomic mass is 35.5. The molecule has 1 nitrogen and oxygen atoms in total. The highest BCUT2D eigenvalue weighted by Gasteiger charge is 2.31. The minimum atomic E-state index is -4.71. The summed E-state index contributed by atoms with van der Waals surface area (Å²) in [6, 6.07) is 4.42. The minimum Gasteiger partial charge on any atom is -0.404 e. The number of rotatable bonds is 5. The molecule has 0 aromatic heterocycles. The third-order valence-electron chi connectivity index (χ3n) is 2.84. The molecule has 1 aromatic carbocycles. The van der Waals surface area contributed by atoms with Crippen LogP contribution in [0.1, 0.15) is 32.3 Å². The molecule has 0 amide bonds. The summed E-state index contributed by atoms with van der Waals surface area (Å²) >= 11 is 5.76. The van der Waals surface area contributed by atoms with Crippen molar-refractivity contribution in [1.82, 2.24) is 0 Å². The fourth-order valence-electron chi connectivity index (χ4n) is 1.52. The van der Waals surface area contributed by atoms with Crippen molar-refractivity contribution >= 4 is 11.6 Å². The number of alkyl halides is 3. The van der Waals surface area contributed by atoms with E-state index in [0.717, 1.165) is 24.8 Å². The monoisotopic (exact) mass is 280 g/mol. The summed E-state index contributed by atoms with van der Waals surface area (Å²) in [5.41, 5.74) is 0.926. The van der Waals surface area contributed by atoms with Gasteiger partial charge in [0, 0.05) is 0 Å². The molecule has 0 spiro atoms. The summed E-state index contributed by atoms with van der Waals surface area (Å²) in [5, 5.41) is -0.00558. The molecule has 0 aliphatic rings. The first-order valence-corrected chi connectivity index (χ1v) is 6.23. The van der Waals surface area contributed by atoms with Crippen LogP contribution in [0.15, 0.2) is 18.2 Å². The van der Waals surface area contributed by atoms with Gasteiger partial charge in [-0.1, -0.05) is 37.9 Å². The van der Waals surface area contributed by atoms with Gasteiger partial charge in [0.2, 0.25) is 0 Å². The summed E-state index contributed by atoms with van der Waals surface area (Å²) in [6.45, 7) is 4.25. The van der Waals surface area contributed by atoms with E-state index in [9.17, 15) is 13.2 Å². The van der Waals surface area contributed by atoms with Gasteiger partial charge in [-0.15, -0.1) is 13.2 Å². The normalized spacial score (nSPS) is 13.4. The Balaban J connectivity index is 2.67. The van der Waals surface area contributed by atoms with Crippen molar-refractivity contribution < 1.29 is 17.9 Å². The average Bonchev–Trinajstić information content (AvgIpc) is 2.27. The molecule has 0 fully saturated rings. The number of aryl methyl sites for hydroxylation is 1. The van der Waals surface area contributed by atoms with E-state index in [1.807, 2.05) is 0 Å². The van der Waals surface area contributed by atoms with Crippen LogP contribution in [-0.4, -0.2) is 6.36 Å². The zero-order chi connectivity index (χ0) is 13.8. The molecule has 0 aliphatic carbocycles. The molecule has 18 heavy (non-hydrogen) atoms. The van der Waals surface area contributed by atoms with Gasteiger partial charge in [0.1, 0.15) is 5.75 Å². The molecule has 0 heterocycles. The van der Waals surface area contributed by atoms with Crippen LogP contribution in [0.25, 0.3) is 0 Å². The van der Waals surface area contributed by atoms with Gasteiger partial charge in [0.15, 0.2) is 0 Å². The summed E-state index contributed by atoms with van der Waals surface area (Å²) in [6.07, 6.45) is -1.82. The molecule has 1 atom stereocenters. The van der Waals surface area contributed by atoms with E-state index >= 15 is 0 Å². The standard InChI is InChI=1S/C13H16ClF3O/c1-3-9(2)4-5-10-6-7-12(11(14)8-10)18-13(15,16)17/h6-9H,3-5H2,1-2H3. The fourth-order valence-corrected chi connectivity index (χ4v) is 1.77. The quantitative estimate of drug-likeness (QED) is 0.719. The number of hydrogen-bond donors (Lipinski definition) is 0. The van der Waals surface area contributed by atoms with E-state index in [0.29, 0.717) is 5.92 Å². The van der Waals surface area contributed by atoms with Crippen molar-refractivity contribution in [3.8, 4) is 5.75 Å². The molecular weight excluding hydrogens is 265 g/mol. The van der Waals surface area contributed by atoms with Gasteiger partial charge < -0.3 is 4.74 Å². The number of halogens is 4. The Kier molecular flexibility index (Phi) is 5.32. The van der Waals surface area contributed by atoms with Crippen molar-refractivity contribution in [2.75, 3.05) is 0 Å². The molecule has 0 N–H and O–H groups in total. The SMILES string of the molecule is CCC(C)CCc1ccc(OC(F)(F)F)c(Cl)c1. The van der Waals surface area contributed by atoms with Crippen LogP contribution in [0.3, 0.4) is 0 Å². The lowest BCUT2D eigenvalue weighted by molar-refractivity contribution is -0.274. The molecule has 0 radical (unpaired) electrons. The molecule has 1 unspecified atom stereocenters. The van der Waals surface area contributed by atoms with E-state index in [1.54, 1.807) is 6.07 Å². The Bertz CT molecular complexity index is 390. The molecule has 1 rings (SSSR count). The predicted molar refractivity (Wildman–Crippen MR) is 65.9 cm³/mol. The van der Waals surface area contributed by atoms with Crippen LogP contribution in [0.2, 0.25) is 5.02 Å². The molecular formula is C13H16ClF3O. The second kappa shape index (κ2) is 6.32. The topological polar surface area (TPSA) is 9.23 Å². The van der Waals surface area contributed by atoms with E-state index in [1.165, 1.54) is 12.1 Å². The van der Waals surface area contributed by atoms with Gasteiger partial charge in [-0.05, 0) is 36.5 Å². The lowest BCUT2D eigenvalue weighted by atomic mass is 9.99. The Morgan fingerprint density at radius 2 is 2.00 bits per heavy atom. The van der Waals surface area contributed by atoms with E-state index in [2.05, 4.69) is 18.6 Å². The van der Waals surface area contributed by atoms with Crippen molar-refractivity contribution in [1.29, 1.82) is 0 Å². The third-order valence-corrected chi connectivity index (χ3v) is 3.14. The number of ether oxygens (including phenoxy) is 1. The van der Waals surface area contributed by atoms with Gasteiger partial charge in [-0.2, -0.15) is 0 Å². The highest BCUT2D eigenvalue weighted by molar-refractivity contribution is 6.32. The molecule has 1 aromatic rings. The first-order chi connectivity index (χ1) is 8.31. The van der Waals surface area contributed by atoms with E-state index in [-0.39, 0.29) is 10.8 Å². The van der Waals surface area contributed by atoms with Crippen LogP contribution in [-0.2, 0) is 6.42 Å². The van der Waals surface area contributed by atoms with Gasteiger partial charge in [-0.3, -0.25) is 0 Å². The van der Waals surface area contributed by atoms with Crippen molar-refractivity contribution in [3.63, 3.8) is 0 Å². The first kappa shape index (κ1) is 15.2. The maximum absolute atomic E-state index is 12.0. The smallest absolute Gasteiger partial charge is 0.404 e.